The van der Waals surface area contributed by atoms with Crippen molar-refractivity contribution in [3.05, 3.63) is 62.4 Å². The van der Waals surface area contributed by atoms with Crippen molar-refractivity contribution in [1.29, 1.82) is 0 Å². The van der Waals surface area contributed by atoms with E-state index in [2.05, 4.69) is 57.2 Å². The van der Waals surface area contributed by atoms with Gasteiger partial charge in [-0.05, 0) is 59.3 Å². The minimum absolute atomic E-state index is 0.262. The lowest BCUT2D eigenvalue weighted by Crippen LogP contribution is -2.20. The van der Waals surface area contributed by atoms with Gasteiger partial charge in [-0.25, -0.2) is 0 Å². The van der Waals surface area contributed by atoms with Crippen molar-refractivity contribution in [2.24, 2.45) is 0 Å². The van der Waals surface area contributed by atoms with Gasteiger partial charge in [-0.2, -0.15) is 0 Å². The van der Waals surface area contributed by atoms with E-state index in [-0.39, 0.29) is 6.04 Å². The quantitative estimate of drug-likeness (QED) is 0.825. The summed E-state index contributed by atoms with van der Waals surface area (Å²) in [5.74, 6) is 0. The third-order valence-corrected chi connectivity index (χ3v) is 4.23. The number of likely N-dealkylation sites (N-methyl/N-ethyl adjacent to an activating group) is 1. The molecule has 0 saturated heterocycles. The van der Waals surface area contributed by atoms with Crippen molar-refractivity contribution in [2.75, 3.05) is 7.05 Å². The largest absolute Gasteiger partial charge is 0.313 e. The normalized spacial score (nSPS) is 12.4. The molecule has 1 aromatic heterocycles. The summed E-state index contributed by atoms with van der Waals surface area (Å²) >= 11 is 8.53. The summed E-state index contributed by atoms with van der Waals surface area (Å²) in [5.41, 5.74) is 2.42. The van der Waals surface area contributed by atoms with E-state index in [1.54, 1.807) is 12.4 Å². The molecule has 1 aromatic carbocycles. The first-order chi connectivity index (χ1) is 8.72. The Hall–Kier alpha value is -0.650. The van der Waals surface area contributed by atoms with Gasteiger partial charge in [0.25, 0.3) is 0 Å². The van der Waals surface area contributed by atoms with Crippen molar-refractivity contribution in [1.82, 2.24) is 10.3 Å². The first-order valence-electron chi connectivity index (χ1n) is 5.72. The molecule has 0 spiro atoms. The molecule has 0 bridgehead atoms. The van der Waals surface area contributed by atoms with E-state index in [1.165, 1.54) is 9.13 Å². The van der Waals surface area contributed by atoms with Crippen LogP contribution in [-0.2, 0) is 6.42 Å². The number of hydrogen-bond acceptors (Lipinski definition) is 2. The second-order valence-electron chi connectivity index (χ2n) is 4.03. The molecule has 94 valence electrons. The molecule has 1 atom stereocenters. The van der Waals surface area contributed by atoms with Gasteiger partial charge in [0, 0.05) is 22.0 Å². The Balaban J connectivity index is 2.26. The molecule has 0 amide bonds. The number of benzene rings is 1. The van der Waals surface area contributed by atoms with Crippen molar-refractivity contribution >= 4 is 34.2 Å². The molecule has 0 saturated carbocycles. The standard InChI is InChI=1S/C14H14ClIN2/c1-17-14(11-4-2-3-5-13(11)16)8-10-6-7-18-9-12(10)15/h2-7,9,14,17H,8H2,1H3. The number of halogens is 2. The molecule has 1 N–H and O–H groups in total. The van der Waals surface area contributed by atoms with Crippen LogP contribution in [0.2, 0.25) is 5.02 Å². The van der Waals surface area contributed by atoms with E-state index >= 15 is 0 Å². The average molecular weight is 373 g/mol. The summed E-state index contributed by atoms with van der Waals surface area (Å²) in [5, 5.41) is 4.08. The minimum atomic E-state index is 0.262. The molecule has 0 aliphatic carbocycles. The summed E-state index contributed by atoms with van der Waals surface area (Å²) < 4.78 is 1.26. The fourth-order valence-corrected chi connectivity index (χ4v) is 2.87. The Morgan fingerprint density at radius 3 is 2.78 bits per heavy atom. The van der Waals surface area contributed by atoms with Crippen LogP contribution in [0.25, 0.3) is 0 Å². The maximum Gasteiger partial charge on any atom is 0.0622 e. The summed E-state index contributed by atoms with van der Waals surface area (Å²) in [7, 11) is 1.98. The molecular formula is C14H14ClIN2. The van der Waals surface area contributed by atoms with Gasteiger partial charge in [0.1, 0.15) is 0 Å². The smallest absolute Gasteiger partial charge is 0.0622 e. The predicted molar refractivity (Wildman–Crippen MR) is 83.9 cm³/mol. The zero-order valence-electron chi connectivity index (χ0n) is 10.0. The van der Waals surface area contributed by atoms with Gasteiger partial charge in [0.15, 0.2) is 0 Å². The molecular weight excluding hydrogens is 359 g/mol. The molecule has 0 radical (unpaired) electrons. The highest BCUT2D eigenvalue weighted by Crippen LogP contribution is 2.25. The van der Waals surface area contributed by atoms with Crippen LogP contribution in [-0.4, -0.2) is 12.0 Å². The van der Waals surface area contributed by atoms with Crippen LogP contribution in [0.5, 0.6) is 0 Å². The van der Waals surface area contributed by atoms with Crippen LogP contribution in [0.3, 0.4) is 0 Å². The highest BCUT2D eigenvalue weighted by atomic mass is 127. The summed E-state index contributed by atoms with van der Waals surface area (Å²) in [6.07, 6.45) is 4.33. The van der Waals surface area contributed by atoms with E-state index in [1.807, 2.05) is 13.1 Å². The third kappa shape index (κ3) is 3.22. The van der Waals surface area contributed by atoms with Gasteiger partial charge < -0.3 is 5.32 Å². The number of nitrogens with one attached hydrogen (secondary N) is 1. The van der Waals surface area contributed by atoms with E-state index in [0.29, 0.717) is 0 Å². The SMILES string of the molecule is CNC(Cc1ccncc1Cl)c1ccccc1I. The number of nitrogens with zero attached hydrogens (tertiary/aromatic N) is 1. The first kappa shape index (κ1) is 13.8. The van der Waals surface area contributed by atoms with Gasteiger partial charge >= 0.3 is 0 Å². The van der Waals surface area contributed by atoms with Crippen LogP contribution in [0.15, 0.2) is 42.7 Å². The monoisotopic (exact) mass is 372 g/mol. The zero-order valence-corrected chi connectivity index (χ0v) is 12.9. The molecule has 18 heavy (non-hydrogen) atoms. The second-order valence-corrected chi connectivity index (χ2v) is 5.60. The van der Waals surface area contributed by atoms with Crippen LogP contribution >= 0.6 is 34.2 Å². The molecule has 2 aromatic rings. The summed E-state index contributed by atoms with van der Waals surface area (Å²) in [4.78, 5) is 4.01. The first-order valence-corrected chi connectivity index (χ1v) is 7.18. The van der Waals surface area contributed by atoms with Gasteiger partial charge in [-0.15, -0.1) is 0 Å². The Bertz CT molecular complexity index is 531. The van der Waals surface area contributed by atoms with Crippen LogP contribution < -0.4 is 5.32 Å². The molecule has 2 nitrogen and oxygen atoms in total. The minimum Gasteiger partial charge on any atom is -0.313 e. The molecule has 0 fully saturated rings. The number of pyridine rings is 1. The van der Waals surface area contributed by atoms with E-state index < -0.39 is 0 Å². The van der Waals surface area contributed by atoms with Crippen molar-refractivity contribution < 1.29 is 0 Å². The molecule has 2 rings (SSSR count). The fourth-order valence-electron chi connectivity index (χ4n) is 1.91. The van der Waals surface area contributed by atoms with Crippen LogP contribution in [0.4, 0.5) is 0 Å². The molecule has 0 aliphatic rings. The third-order valence-electron chi connectivity index (χ3n) is 2.91. The molecule has 0 aliphatic heterocycles. The summed E-state index contributed by atoms with van der Waals surface area (Å²) in [6.45, 7) is 0. The Morgan fingerprint density at radius 1 is 1.33 bits per heavy atom. The van der Waals surface area contributed by atoms with Gasteiger partial charge in [-0.3, -0.25) is 4.98 Å². The Labute approximate surface area is 126 Å². The fraction of sp³-hybridized carbons (Fsp3) is 0.214. The highest BCUT2D eigenvalue weighted by Gasteiger charge is 2.14. The second kappa shape index (κ2) is 6.50. The van der Waals surface area contributed by atoms with Crippen molar-refractivity contribution in [3.63, 3.8) is 0 Å². The Kier molecular flexibility index (Phi) is 4.97. The van der Waals surface area contributed by atoms with Gasteiger partial charge in [0.2, 0.25) is 0 Å². The van der Waals surface area contributed by atoms with Gasteiger partial charge in [0.05, 0.1) is 5.02 Å². The molecule has 1 unspecified atom stereocenters. The lowest BCUT2D eigenvalue weighted by atomic mass is 10.00. The Morgan fingerprint density at radius 2 is 2.11 bits per heavy atom. The topological polar surface area (TPSA) is 24.9 Å². The molecule has 4 heteroatoms. The van der Waals surface area contributed by atoms with Crippen LogP contribution in [0.1, 0.15) is 17.2 Å². The highest BCUT2D eigenvalue weighted by molar-refractivity contribution is 14.1. The molecule has 1 heterocycles. The maximum atomic E-state index is 6.16. The number of rotatable bonds is 4. The van der Waals surface area contributed by atoms with Crippen molar-refractivity contribution in [3.8, 4) is 0 Å². The lowest BCUT2D eigenvalue weighted by molar-refractivity contribution is 0.589. The van der Waals surface area contributed by atoms with E-state index in [4.69, 9.17) is 11.6 Å². The maximum absolute atomic E-state index is 6.16. The van der Waals surface area contributed by atoms with E-state index in [9.17, 15) is 0 Å². The summed E-state index contributed by atoms with van der Waals surface area (Å²) in [6, 6.07) is 10.6. The number of hydrogen-bond donors (Lipinski definition) is 1. The van der Waals surface area contributed by atoms with Gasteiger partial charge in [-0.1, -0.05) is 29.8 Å². The van der Waals surface area contributed by atoms with Crippen molar-refractivity contribution in [2.45, 2.75) is 12.5 Å². The number of aromatic nitrogens is 1. The lowest BCUT2D eigenvalue weighted by Gasteiger charge is -2.18. The zero-order chi connectivity index (χ0) is 13.0. The average Bonchev–Trinajstić information content (AvgIpc) is 2.39. The predicted octanol–water partition coefficient (Wildman–Crippen LogP) is 3.84. The van der Waals surface area contributed by atoms with Crippen LogP contribution in [0, 0.1) is 3.57 Å². The van der Waals surface area contributed by atoms with E-state index in [0.717, 1.165) is 17.0 Å².